The molecular formula is C17H14ClN3O2. The van der Waals surface area contributed by atoms with Crippen molar-refractivity contribution in [3.63, 3.8) is 0 Å². The molecule has 0 atom stereocenters. The van der Waals surface area contributed by atoms with E-state index in [4.69, 9.17) is 16.3 Å². The molecule has 1 aromatic carbocycles. The molecule has 23 heavy (non-hydrogen) atoms. The van der Waals surface area contributed by atoms with Gasteiger partial charge < -0.3 is 4.74 Å². The fourth-order valence-electron chi connectivity index (χ4n) is 2.45. The Hall–Kier alpha value is -2.40. The van der Waals surface area contributed by atoms with Gasteiger partial charge in [-0.15, -0.1) is 0 Å². The lowest BCUT2D eigenvalue weighted by Gasteiger charge is -2.13. The van der Waals surface area contributed by atoms with Crippen molar-refractivity contribution in [2.24, 2.45) is 0 Å². The van der Waals surface area contributed by atoms with Crippen LogP contribution in [0.25, 0.3) is 16.7 Å². The van der Waals surface area contributed by atoms with E-state index < -0.39 is 5.69 Å². The van der Waals surface area contributed by atoms with Crippen molar-refractivity contribution in [2.75, 3.05) is 0 Å². The number of fused-ring (bicyclic) bond motifs is 1. The average Bonchev–Trinajstić information content (AvgIpc) is 3.32. The number of nitrogens with zero attached hydrogens (tertiary/aromatic N) is 3. The van der Waals surface area contributed by atoms with Gasteiger partial charge in [0.15, 0.2) is 5.65 Å². The lowest BCUT2D eigenvalue weighted by atomic mass is 10.2. The summed E-state index contributed by atoms with van der Waals surface area (Å²) < 4.78 is 7.22. The second-order valence-corrected chi connectivity index (χ2v) is 6.03. The van der Waals surface area contributed by atoms with Gasteiger partial charge in [0, 0.05) is 5.69 Å². The molecule has 2 heterocycles. The van der Waals surface area contributed by atoms with E-state index in [9.17, 15) is 4.79 Å². The highest BCUT2D eigenvalue weighted by Crippen LogP contribution is 2.30. The molecule has 5 nitrogen and oxygen atoms in total. The number of hydrogen-bond donors (Lipinski definition) is 0. The minimum atomic E-state index is -0.445. The van der Waals surface area contributed by atoms with E-state index in [-0.39, 0.29) is 6.10 Å². The quantitative estimate of drug-likeness (QED) is 0.740. The Morgan fingerprint density at radius 3 is 2.70 bits per heavy atom. The summed E-state index contributed by atoms with van der Waals surface area (Å²) in [6.45, 7) is 1.88. The monoisotopic (exact) mass is 327 g/mol. The summed E-state index contributed by atoms with van der Waals surface area (Å²) in [6.07, 6.45) is 2.15. The Morgan fingerprint density at radius 2 is 1.96 bits per heavy atom. The van der Waals surface area contributed by atoms with Crippen molar-refractivity contribution in [1.82, 2.24) is 14.5 Å². The third-order valence-corrected chi connectivity index (χ3v) is 4.06. The highest BCUT2D eigenvalue weighted by molar-refractivity contribution is 6.32. The number of aryl methyl sites for hydroxylation is 1. The molecule has 0 unspecified atom stereocenters. The van der Waals surface area contributed by atoms with E-state index in [1.165, 1.54) is 4.57 Å². The van der Waals surface area contributed by atoms with E-state index in [2.05, 4.69) is 9.97 Å². The number of ether oxygens (including phenoxy) is 1. The number of pyridine rings is 1. The maximum absolute atomic E-state index is 12.6. The number of hydrogen-bond acceptors (Lipinski definition) is 4. The van der Waals surface area contributed by atoms with Gasteiger partial charge in [-0.25, -0.2) is 14.3 Å². The maximum Gasteiger partial charge on any atom is 0.357 e. The predicted octanol–water partition coefficient (Wildman–Crippen LogP) is 3.28. The maximum atomic E-state index is 12.6. The van der Waals surface area contributed by atoms with E-state index >= 15 is 0 Å². The standard InChI is InChI=1S/C17H14ClN3O2/c1-10-6-9-12-15(19-10)21(14-5-3-2-4-13(14)18)17(22)20-16(12)23-11-7-8-11/h2-6,9,11H,7-8H2,1H3. The van der Waals surface area contributed by atoms with Crippen LogP contribution in [0.1, 0.15) is 18.5 Å². The van der Waals surface area contributed by atoms with Gasteiger partial charge in [-0.05, 0) is 44.0 Å². The summed E-state index contributed by atoms with van der Waals surface area (Å²) in [4.78, 5) is 21.2. The summed E-state index contributed by atoms with van der Waals surface area (Å²) in [5, 5.41) is 1.18. The highest BCUT2D eigenvalue weighted by atomic mass is 35.5. The molecule has 6 heteroatoms. The first-order valence-electron chi connectivity index (χ1n) is 7.45. The van der Waals surface area contributed by atoms with Crippen LogP contribution in [0, 0.1) is 6.92 Å². The second kappa shape index (κ2) is 5.35. The largest absolute Gasteiger partial charge is 0.474 e. The molecule has 0 radical (unpaired) electrons. The van der Waals surface area contributed by atoms with Crippen molar-refractivity contribution in [1.29, 1.82) is 0 Å². The van der Waals surface area contributed by atoms with Gasteiger partial charge in [0.25, 0.3) is 0 Å². The lowest BCUT2D eigenvalue weighted by molar-refractivity contribution is 0.293. The molecule has 0 saturated heterocycles. The van der Waals surface area contributed by atoms with E-state index in [0.717, 1.165) is 18.5 Å². The first-order chi connectivity index (χ1) is 11.1. The summed E-state index contributed by atoms with van der Waals surface area (Å²) in [7, 11) is 0. The van der Waals surface area contributed by atoms with Crippen LogP contribution >= 0.6 is 11.6 Å². The third-order valence-electron chi connectivity index (χ3n) is 3.74. The van der Waals surface area contributed by atoms with Crippen LogP contribution < -0.4 is 10.4 Å². The average molecular weight is 328 g/mol. The smallest absolute Gasteiger partial charge is 0.357 e. The number of halogens is 1. The van der Waals surface area contributed by atoms with Crippen LogP contribution in [-0.2, 0) is 0 Å². The van der Waals surface area contributed by atoms with Gasteiger partial charge in [0.05, 0.1) is 16.1 Å². The molecule has 0 amide bonds. The molecule has 0 N–H and O–H groups in total. The van der Waals surface area contributed by atoms with Gasteiger partial charge in [0.2, 0.25) is 5.88 Å². The van der Waals surface area contributed by atoms with Gasteiger partial charge in [-0.3, -0.25) is 0 Å². The van der Waals surface area contributed by atoms with Gasteiger partial charge in [-0.2, -0.15) is 4.98 Å². The molecule has 1 aliphatic carbocycles. The Kier molecular flexibility index (Phi) is 3.31. The van der Waals surface area contributed by atoms with Crippen molar-refractivity contribution < 1.29 is 4.74 Å². The van der Waals surface area contributed by atoms with Crippen molar-refractivity contribution in [3.8, 4) is 11.6 Å². The molecule has 0 bridgehead atoms. The van der Waals surface area contributed by atoms with Crippen molar-refractivity contribution >= 4 is 22.6 Å². The topological polar surface area (TPSA) is 57.0 Å². The van der Waals surface area contributed by atoms with Gasteiger partial charge in [0.1, 0.15) is 6.10 Å². The molecule has 116 valence electrons. The summed E-state index contributed by atoms with van der Waals surface area (Å²) in [5.41, 5.74) is 1.43. The molecule has 1 saturated carbocycles. The zero-order valence-corrected chi connectivity index (χ0v) is 13.2. The normalized spacial score (nSPS) is 14.2. The van der Waals surface area contributed by atoms with Crippen molar-refractivity contribution in [3.05, 3.63) is 57.6 Å². The molecule has 4 rings (SSSR count). The minimum absolute atomic E-state index is 0.155. The number of benzene rings is 1. The Balaban J connectivity index is 2.04. The van der Waals surface area contributed by atoms with E-state index in [1.807, 2.05) is 31.2 Å². The lowest BCUT2D eigenvalue weighted by Crippen LogP contribution is -2.24. The molecule has 1 fully saturated rings. The number of rotatable bonds is 3. The zero-order chi connectivity index (χ0) is 16.0. The highest BCUT2D eigenvalue weighted by Gasteiger charge is 2.26. The fourth-order valence-corrected chi connectivity index (χ4v) is 2.67. The number of aromatic nitrogens is 3. The third kappa shape index (κ3) is 2.57. The first kappa shape index (κ1) is 14.2. The molecular weight excluding hydrogens is 314 g/mol. The zero-order valence-electron chi connectivity index (χ0n) is 12.5. The van der Waals surface area contributed by atoms with Gasteiger partial charge >= 0.3 is 5.69 Å². The van der Waals surface area contributed by atoms with Crippen LogP contribution in [0.2, 0.25) is 5.02 Å². The van der Waals surface area contributed by atoms with Crippen LogP contribution in [-0.4, -0.2) is 20.6 Å². The van der Waals surface area contributed by atoms with Crippen LogP contribution in [0.3, 0.4) is 0 Å². The molecule has 2 aromatic heterocycles. The van der Waals surface area contributed by atoms with Gasteiger partial charge in [-0.1, -0.05) is 23.7 Å². The minimum Gasteiger partial charge on any atom is -0.474 e. The van der Waals surface area contributed by atoms with Crippen LogP contribution in [0.4, 0.5) is 0 Å². The van der Waals surface area contributed by atoms with E-state index in [1.54, 1.807) is 12.1 Å². The van der Waals surface area contributed by atoms with Crippen LogP contribution in [0.15, 0.2) is 41.2 Å². The Morgan fingerprint density at radius 1 is 1.17 bits per heavy atom. The van der Waals surface area contributed by atoms with Crippen molar-refractivity contribution in [2.45, 2.75) is 25.9 Å². The molecule has 1 aliphatic rings. The SMILES string of the molecule is Cc1ccc2c(OC3CC3)nc(=O)n(-c3ccccc3Cl)c2n1. The summed E-state index contributed by atoms with van der Waals surface area (Å²) >= 11 is 6.26. The van der Waals surface area contributed by atoms with E-state index in [0.29, 0.717) is 27.6 Å². The Labute approximate surface area is 137 Å². The second-order valence-electron chi connectivity index (χ2n) is 5.63. The predicted molar refractivity (Wildman–Crippen MR) is 88.5 cm³/mol. The summed E-state index contributed by atoms with van der Waals surface area (Å²) in [5.74, 6) is 0.350. The molecule has 3 aromatic rings. The molecule has 0 spiro atoms. The molecule has 0 aliphatic heterocycles. The number of para-hydroxylation sites is 1. The first-order valence-corrected chi connectivity index (χ1v) is 7.83. The summed E-state index contributed by atoms with van der Waals surface area (Å²) in [6, 6.07) is 10.9. The fraction of sp³-hybridized carbons (Fsp3) is 0.235. The Bertz CT molecular complexity index is 964. The van der Waals surface area contributed by atoms with Crippen LogP contribution in [0.5, 0.6) is 5.88 Å².